The summed E-state index contributed by atoms with van der Waals surface area (Å²) in [5.74, 6) is 1.36. The topological polar surface area (TPSA) is 46.2 Å². The van der Waals surface area contributed by atoms with Gasteiger partial charge in [0.1, 0.15) is 9.84 Å². The van der Waals surface area contributed by atoms with Crippen molar-refractivity contribution in [3.63, 3.8) is 0 Å². The molecule has 1 unspecified atom stereocenters. The summed E-state index contributed by atoms with van der Waals surface area (Å²) < 4.78 is 22.5. The van der Waals surface area contributed by atoms with Gasteiger partial charge in [0, 0.05) is 23.3 Å². The number of thioether (sulfide) groups is 1. The highest BCUT2D eigenvalue weighted by molar-refractivity contribution is 7.99. The average Bonchev–Trinajstić information content (AvgIpc) is 2.79. The van der Waals surface area contributed by atoms with Crippen molar-refractivity contribution in [1.82, 2.24) is 5.32 Å². The van der Waals surface area contributed by atoms with Crippen LogP contribution in [0.15, 0.2) is 0 Å². The lowest BCUT2D eigenvalue weighted by Gasteiger charge is -2.19. The molecule has 108 valence electrons. The van der Waals surface area contributed by atoms with Crippen molar-refractivity contribution < 1.29 is 8.42 Å². The Balaban J connectivity index is 2.29. The first kappa shape index (κ1) is 16.3. The predicted molar refractivity (Wildman–Crippen MR) is 81.1 cm³/mol. The van der Waals surface area contributed by atoms with Crippen LogP contribution in [0.2, 0.25) is 0 Å². The molecule has 5 heteroatoms. The molecule has 1 fully saturated rings. The van der Waals surface area contributed by atoms with E-state index in [1.807, 2.05) is 11.8 Å². The van der Waals surface area contributed by atoms with Crippen molar-refractivity contribution in [2.45, 2.75) is 56.7 Å². The lowest BCUT2D eigenvalue weighted by Crippen LogP contribution is -2.34. The number of hydrogen-bond donors (Lipinski definition) is 1. The molecule has 0 aliphatic heterocycles. The minimum absolute atomic E-state index is 0.305. The van der Waals surface area contributed by atoms with Gasteiger partial charge >= 0.3 is 0 Å². The van der Waals surface area contributed by atoms with E-state index in [0.29, 0.717) is 11.8 Å². The molecule has 0 heterocycles. The van der Waals surface area contributed by atoms with Crippen LogP contribution in [0.25, 0.3) is 0 Å². The summed E-state index contributed by atoms with van der Waals surface area (Å²) in [6, 6.07) is 0.352. The highest BCUT2D eigenvalue weighted by atomic mass is 32.2. The summed E-state index contributed by atoms with van der Waals surface area (Å²) in [6.45, 7) is 3.13. The van der Waals surface area contributed by atoms with Gasteiger partial charge in [0.05, 0.1) is 5.75 Å². The first-order valence-corrected chi connectivity index (χ1v) is 10.1. The third-order valence-corrected chi connectivity index (χ3v) is 5.87. The van der Waals surface area contributed by atoms with Crippen LogP contribution in [0.4, 0.5) is 0 Å². The van der Waals surface area contributed by atoms with Crippen LogP contribution in [-0.2, 0) is 9.84 Å². The van der Waals surface area contributed by atoms with Crippen molar-refractivity contribution >= 4 is 21.6 Å². The summed E-state index contributed by atoms with van der Waals surface area (Å²) in [7, 11) is -2.83. The highest BCUT2D eigenvalue weighted by Gasteiger charge is 2.18. The Kier molecular flexibility index (Phi) is 7.64. The Hall–Kier alpha value is 0.260. The molecule has 3 nitrogen and oxygen atoms in total. The minimum Gasteiger partial charge on any atom is -0.313 e. The summed E-state index contributed by atoms with van der Waals surface area (Å²) in [6.07, 6.45) is 8.60. The maximum Gasteiger partial charge on any atom is 0.147 e. The van der Waals surface area contributed by atoms with Crippen LogP contribution in [-0.4, -0.2) is 44.0 Å². The molecule has 1 saturated carbocycles. The van der Waals surface area contributed by atoms with Gasteiger partial charge in [-0.2, -0.15) is 11.8 Å². The molecule has 0 spiro atoms. The Morgan fingerprint density at radius 3 is 2.56 bits per heavy atom. The molecule has 0 bridgehead atoms. The molecular formula is C13H27NO2S2. The van der Waals surface area contributed by atoms with Gasteiger partial charge in [-0.25, -0.2) is 8.42 Å². The normalized spacial score (nSPS) is 19.2. The Morgan fingerprint density at radius 1 is 1.33 bits per heavy atom. The molecule has 0 aromatic rings. The second kappa shape index (κ2) is 8.43. The Bertz CT molecular complexity index is 311. The minimum atomic E-state index is -2.83. The van der Waals surface area contributed by atoms with E-state index in [0.717, 1.165) is 30.4 Å². The van der Waals surface area contributed by atoms with Crippen LogP contribution in [0, 0.1) is 0 Å². The number of nitrogens with one attached hydrogen (secondary N) is 1. The van der Waals surface area contributed by atoms with Gasteiger partial charge in [-0.15, -0.1) is 0 Å². The fourth-order valence-electron chi connectivity index (χ4n) is 2.26. The molecule has 1 rings (SSSR count). The second-order valence-corrected chi connectivity index (χ2v) is 8.90. The lowest BCUT2D eigenvalue weighted by molar-refractivity contribution is 0.532. The third kappa shape index (κ3) is 7.64. The second-order valence-electron chi connectivity index (χ2n) is 5.31. The van der Waals surface area contributed by atoms with Crippen LogP contribution >= 0.6 is 11.8 Å². The summed E-state index contributed by atoms with van der Waals surface area (Å²) in [4.78, 5) is 0. The number of hydrogen-bond acceptors (Lipinski definition) is 4. The van der Waals surface area contributed by atoms with E-state index in [-0.39, 0.29) is 0 Å². The van der Waals surface area contributed by atoms with Gasteiger partial charge in [-0.05, 0) is 32.2 Å². The Morgan fingerprint density at radius 2 is 2.00 bits per heavy atom. The van der Waals surface area contributed by atoms with Gasteiger partial charge < -0.3 is 5.32 Å². The van der Waals surface area contributed by atoms with E-state index in [9.17, 15) is 8.42 Å². The van der Waals surface area contributed by atoms with E-state index in [2.05, 4.69) is 12.2 Å². The van der Waals surface area contributed by atoms with E-state index in [1.54, 1.807) is 0 Å². The average molecular weight is 293 g/mol. The van der Waals surface area contributed by atoms with E-state index in [1.165, 1.54) is 31.9 Å². The van der Waals surface area contributed by atoms with E-state index >= 15 is 0 Å². The largest absolute Gasteiger partial charge is 0.313 e. The van der Waals surface area contributed by atoms with Crippen LogP contribution < -0.4 is 5.32 Å². The molecule has 1 aliphatic rings. The zero-order valence-electron chi connectivity index (χ0n) is 11.7. The standard InChI is InChI=1S/C13H27NO2S2/c1-3-9-14-12(8-10-18(2,15)16)11-17-13-6-4-5-7-13/h12-14H,3-11H2,1-2H3. The monoisotopic (exact) mass is 293 g/mol. The Labute approximate surface area is 116 Å². The number of rotatable bonds is 9. The smallest absolute Gasteiger partial charge is 0.147 e. The van der Waals surface area contributed by atoms with E-state index < -0.39 is 9.84 Å². The van der Waals surface area contributed by atoms with Gasteiger partial charge in [-0.3, -0.25) is 0 Å². The summed E-state index contributed by atoms with van der Waals surface area (Å²) >= 11 is 2.04. The first-order valence-electron chi connectivity index (χ1n) is 7.04. The van der Waals surface area contributed by atoms with Crippen molar-refractivity contribution in [3.05, 3.63) is 0 Å². The molecule has 1 aliphatic carbocycles. The summed E-state index contributed by atoms with van der Waals surface area (Å²) in [5, 5.41) is 4.29. The first-order chi connectivity index (χ1) is 8.51. The SMILES string of the molecule is CCCNC(CCS(C)(=O)=O)CSC1CCCC1. The predicted octanol–water partition coefficient (Wildman–Crippen LogP) is 2.47. The molecule has 0 aromatic heterocycles. The maximum absolute atomic E-state index is 11.2. The van der Waals surface area contributed by atoms with Crippen molar-refractivity contribution in [2.75, 3.05) is 24.3 Å². The molecule has 0 amide bonds. The van der Waals surface area contributed by atoms with Gasteiger partial charge in [-0.1, -0.05) is 19.8 Å². The molecule has 0 aromatic carbocycles. The third-order valence-electron chi connectivity index (χ3n) is 3.36. The van der Waals surface area contributed by atoms with Gasteiger partial charge in [0.2, 0.25) is 0 Å². The fourth-order valence-corrected chi connectivity index (χ4v) is 4.42. The maximum atomic E-state index is 11.2. The fraction of sp³-hybridized carbons (Fsp3) is 1.00. The van der Waals surface area contributed by atoms with Gasteiger partial charge in [0.15, 0.2) is 0 Å². The zero-order valence-corrected chi connectivity index (χ0v) is 13.3. The molecule has 1 N–H and O–H groups in total. The van der Waals surface area contributed by atoms with Crippen molar-refractivity contribution in [2.24, 2.45) is 0 Å². The van der Waals surface area contributed by atoms with Crippen molar-refractivity contribution in [1.29, 1.82) is 0 Å². The zero-order chi connectivity index (χ0) is 13.4. The molecule has 1 atom stereocenters. The van der Waals surface area contributed by atoms with Gasteiger partial charge in [0.25, 0.3) is 0 Å². The lowest BCUT2D eigenvalue weighted by atomic mass is 10.2. The van der Waals surface area contributed by atoms with Crippen LogP contribution in [0.5, 0.6) is 0 Å². The number of sulfone groups is 1. The quantitative estimate of drug-likeness (QED) is 0.709. The molecule has 18 heavy (non-hydrogen) atoms. The summed E-state index contributed by atoms with van der Waals surface area (Å²) in [5.41, 5.74) is 0. The van der Waals surface area contributed by atoms with Crippen LogP contribution in [0.1, 0.15) is 45.4 Å². The molecule has 0 radical (unpaired) electrons. The molecular weight excluding hydrogens is 266 g/mol. The molecule has 0 saturated heterocycles. The highest BCUT2D eigenvalue weighted by Crippen LogP contribution is 2.29. The van der Waals surface area contributed by atoms with Crippen molar-refractivity contribution in [3.8, 4) is 0 Å². The van der Waals surface area contributed by atoms with Crippen LogP contribution in [0.3, 0.4) is 0 Å². The van der Waals surface area contributed by atoms with E-state index in [4.69, 9.17) is 0 Å².